The predicted octanol–water partition coefficient (Wildman–Crippen LogP) is 2.17. The van der Waals surface area contributed by atoms with Gasteiger partial charge in [-0.2, -0.15) is 0 Å². The van der Waals surface area contributed by atoms with Crippen molar-refractivity contribution in [2.45, 2.75) is 11.2 Å². The molecule has 1 saturated heterocycles. The number of nitrogens with two attached hydrogens (primary N) is 1. The number of benzene rings is 2. The van der Waals surface area contributed by atoms with Gasteiger partial charge in [0.2, 0.25) is 11.8 Å². The van der Waals surface area contributed by atoms with E-state index in [9.17, 15) is 14.4 Å². The molecule has 0 saturated carbocycles. The molecule has 7 nitrogen and oxygen atoms in total. The van der Waals surface area contributed by atoms with Crippen LogP contribution < -0.4 is 20.1 Å². The molecule has 2 N–H and O–H groups in total. The lowest BCUT2D eigenvalue weighted by atomic mass is 9.77. The van der Waals surface area contributed by atoms with Crippen LogP contribution in [0.2, 0.25) is 0 Å². The van der Waals surface area contributed by atoms with Gasteiger partial charge in [0.25, 0.3) is 0 Å². The minimum absolute atomic E-state index is 0.226. The van der Waals surface area contributed by atoms with E-state index in [0.717, 1.165) is 11.8 Å². The molecule has 3 aliphatic heterocycles. The van der Waals surface area contributed by atoms with Gasteiger partial charge >= 0.3 is 5.97 Å². The van der Waals surface area contributed by atoms with Gasteiger partial charge in [0.1, 0.15) is 16.7 Å². The molecule has 5 rings (SSSR count). The fraction of sp³-hybridized carbons (Fsp3) is 0.190. The monoisotopic (exact) mass is 408 g/mol. The Morgan fingerprint density at radius 2 is 1.86 bits per heavy atom. The van der Waals surface area contributed by atoms with E-state index >= 15 is 0 Å². The van der Waals surface area contributed by atoms with Gasteiger partial charge in [-0.3, -0.25) is 9.59 Å². The van der Waals surface area contributed by atoms with Crippen LogP contribution in [0.25, 0.3) is 0 Å². The maximum absolute atomic E-state index is 13.5. The number of hydrogen-bond donors (Lipinski definition) is 1. The molecule has 2 aromatic rings. The van der Waals surface area contributed by atoms with Crippen molar-refractivity contribution < 1.29 is 23.9 Å². The molecule has 0 aromatic heterocycles. The number of anilines is 1. The lowest BCUT2D eigenvalue weighted by Gasteiger charge is -2.36. The second-order valence-electron chi connectivity index (χ2n) is 6.96. The molecular formula is C21H16N2O5S. The number of amides is 2. The van der Waals surface area contributed by atoms with Crippen molar-refractivity contribution in [1.29, 1.82) is 0 Å². The number of rotatable bonds is 2. The summed E-state index contributed by atoms with van der Waals surface area (Å²) in [5.41, 5.74) is 7.54. The van der Waals surface area contributed by atoms with Crippen molar-refractivity contribution in [3.8, 4) is 11.5 Å². The summed E-state index contributed by atoms with van der Waals surface area (Å²) >= 11 is 1.05. The van der Waals surface area contributed by atoms with E-state index in [1.165, 1.54) is 12.0 Å². The molecule has 0 unspecified atom stereocenters. The standard InChI is InChI=1S/C21H16N2O5S/c1-27-11-6-4-5-10(9-11)23-19(24)15-14-12-7-2-3-8-13(12)28-21(26)16(14)18(22)29-17(15)20(23)25/h2-9,14-15,17H,22H2,1H3/t14-,15-,17+/m0/s1. The third kappa shape index (κ3) is 2.49. The number of hydrogen-bond acceptors (Lipinski definition) is 7. The minimum Gasteiger partial charge on any atom is -0.497 e. The lowest BCUT2D eigenvalue weighted by molar-refractivity contribution is -0.131. The van der Waals surface area contributed by atoms with Crippen molar-refractivity contribution >= 4 is 35.2 Å². The molecule has 0 spiro atoms. The largest absolute Gasteiger partial charge is 0.497 e. The van der Waals surface area contributed by atoms with Gasteiger partial charge in [0.15, 0.2) is 0 Å². The number of para-hydroxylation sites is 1. The van der Waals surface area contributed by atoms with Crippen molar-refractivity contribution in [3.05, 3.63) is 64.7 Å². The zero-order valence-corrected chi connectivity index (χ0v) is 16.1. The number of imide groups is 1. The highest BCUT2D eigenvalue weighted by molar-refractivity contribution is 8.04. The molecule has 2 amide bonds. The Bertz CT molecular complexity index is 1110. The van der Waals surface area contributed by atoms with Gasteiger partial charge in [-0.1, -0.05) is 36.0 Å². The van der Waals surface area contributed by atoms with Crippen molar-refractivity contribution in [1.82, 2.24) is 0 Å². The van der Waals surface area contributed by atoms with Crippen LogP contribution in [0.5, 0.6) is 11.5 Å². The molecule has 0 radical (unpaired) electrons. The molecule has 3 aliphatic rings. The van der Waals surface area contributed by atoms with Gasteiger partial charge in [0, 0.05) is 17.5 Å². The van der Waals surface area contributed by atoms with E-state index in [0.29, 0.717) is 22.7 Å². The highest BCUT2D eigenvalue weighted by atomic mass is 32.2. The first-order chi connectivity index (χ1) is 14.0. The van der Waals surface area contributed by atoms with Crippen LogP contribution in [0.4, 0.5) is 5.69 Å². The molecule has 0 aliphatic carbocycles. The van der Waals surface area contributed by atoms with E-state index in [2.05, 4.69) is 0 Å². The summed E-state index contributed by atoms with van der Waals surface area (Å²) in [5, 5.41) is -0.481. The highest BCUT2D eigenvalue weighted by Crippen LogP contribution is 2.54. The predicted molar refractivity (Wildman–Crippen MR) is 106 cm³/mol. The number of fused-ring (bicyclic) bond motifs is 5. The van der Waals surface area contributed by atoms with E-state index in [1.54, 1.807) is 42.5 Å². The van der Waals surface area contributed by atoms with Crippen molar-refractivity contribution in [2.75, 3.05) is 12.0 Å². The smallest absolute Gasteiger partial charge is 0.342 e. The molecule has 3 heterocycles. The third-order valence-electron chi connectivity index (χ3n) is 5.47. The second-order valence-corrected chi connectivity index (χ2v) is 8.14. The number of nitrogens with zero attached hydrogens (tertiary/aromatic N) is 1. The second kappa shape index (κ2) is 6.38. The number of carbonyl (C=O) groups excluding carboxylic acids is 3. The molecule has 8 heteroatoms. The van der Waals surface area contributed by atoms with Gasteiger partial charge < -0.3 is 15.2 Å². The SMILES string of the molecule is COc1cccc(N2C(=O)[C@@H]3[C@@H](SC(N)=C4C(=O)Oc5ccccc5[C@H]43)C2=O)c1. The van der Waals surface area contributed by atoms with Gasteiger partial charge in [-0.25, -0.2) is 9.69 Å². The Morgan fingerprint density at radius 3 is 2.66 bits per heavy atom. The first-order valence-corrected chi connectivity index (χ1v) is 9.88. The van der Waals surface area contributed by atoms with Crippen LogP contribution in [-0.4, -0.2) is 30.1 Å². The Hall–Kier alpha value is -3.26. The van der Waals surface area contributed by atoms with Crippen LogP contribution in [0.15, 0.2) is 59.1 Å². The first-order valence-electron chi connectivity index (χ1n) is 9.00. The molecule has 3 atom stereocenters. The fourth-order valence-corrected chi connectivity index (χ4v) is 5.45. The topological polar surface area (TPSA) is 98.9 Å². The summed E-state index contributed by atoms with van der Waals surface area (Å²) < 4.78 is 10.6. The lowest BCUT2D eigenvalue weighted by Crippen LogP contribution is -2.39. The van der Waals surface area contributed by atoms with Crippen LogP contribution in [0.1, 0.15) is 11.5 Å². The van der Waals surface area contributed by atoms with Crippen molar-refractivity contribution in [2.24, 2.45) is 11.7 Å². The Morgan fingerprint density at radius 1 is 1.07 bits per heavy atom. The number of esters is 1. The normalized spacial score (nSPS) is 25.3. The maximum atomic E-state index is 13.5. The molecule has 146 valence electrons. The quantitative estimate of drug-likeness (QED) is 0.462. The van der Waals surface area contributed by atoms with Gasteiger partial charge in [-0.15, -0.1) is 0 Å². The summed E-state index contributed by atoms with van der Waals surface area (Å²) in [4.78, 5) is 40.5. The number of ether oxygens (including phenoxy) is 2. The Kier molecular flexibility index (Phi) is 3.92. The van der Waals surface area contributed by atoms with E-state index < -0.39 is 23.1 Å². The third-order valence-corrected chi connectivity index (χ3v) is 6.70. The number of carbonyl (C=O) groups is 3. The van der Waals surface area contributed by atoms with Crippen LogP contribution in [0, 0.1) is 5.92 Å². The minimum atomic E-state index is -0.741. The van der Waals surface area contributed by atoms with Crippen molar-refractivity contribution in [3.63, 3.8) is 0 Å². The molecule has 0 bridgehead atoms. The number of thioether (sulfide) groups is 1. The zero-order valence-electron chi connectivity index (χ0n) is 15.3. The van der Waals surface area contributed by atoms with Crippen LogP contribution >= 0.6 is 11.8 Å². The maximum Gasteiger partial charge on any atom is 0.342 e. The fourth-order valence-electron chi connectivity index (χ4n) is 4.21. The van der Waals surface area contributed by atoms with E-state index in [1.807, 2.05) is 6.07 Å². The number of methoxy groups -OCH3 is 1. The molecule has 29 heavy (non-hydrogen) atoms. The molecule has 1 fully saturated rings. The summed E-state index contributed by atoms with van der Waals surface area (Å²) in [7, 11) is 1.52. The summed E-state index contributed by atoms with van der Waals surface area (Å²) in [5.74, 6) is -1.71. The summed E-state index contributed by atoms with van der Waals surface area (Å²) in [6.07, 6.45) is 0. The van der Waals surface area contributed by atoms with Gasteiger partial charge in [0.05, 0.1) is 29.3 Å². The average Bonchev–Trinajstić information content (AvgIpc) is 2.97. The summed E-state index contributed by atoms with van der Waals surface area (Å²) in [6, 6.07) is 13.8. The van der Waals surface area contributed by atoms with Crippen LogP contribution in [0.3, 0.4) is 0 Å². The first kappa shape index (κ1) is 17.8. The molecular weight excluding hydrogens is 392 g/mol. The summed E-state index contributed by atoms with van der Waals surface area (Å²) in [6.45, 7) is 0. The highest BCUT2D eigenvalue weighted by Gasteiger charge is 2.58. The van der Waals surface area contributed by atoms with E-state index in [-0.39, 0.29) is 22.4 Å². The average molecular weight is 408 g/mol. The Labute approximate surface area is 170 Å². The molecule has 2 aromatic carbocycles. The van der Waals surface area contributed by atoms with Gasteiger partial charge in [-0.05, 0) is 18.2 Å². The Balaban J connectivity index is 1.64. The van der Waals surface area contributed by atoms with Crippen LogP contribution in [-0.2, 0) is 14.4 Å². The van der Waals surface area contributed by atoms with E-state index in [4.69, 9.17) is 15.2 Å². The zero-order chi connectivity index (χ0) is 20.3.